The second kappa shape index (κ2) is 4.02. The van der Waals surface area contributed by atoms with Gasteiger partial charge < -0.3 is 19.7 Å². The molecule has 0 saturated carbocycles. The fourth-order valence-electron chi connectivity index (χ4n) is 1.67. The minimum Gasteiger partial charge on any atom is -0.503 e. The number of halogens is 1. The fourth-order valence-corrected chi connectivity index (χ4v) is 2.09. The van der Waals surface area contributed by atoms with E-state index in [1.165, 1.54) is 13.0 Å². The van der Waals surface area contributed by atoms with Crippen molar-refractivity contribution in [3.05, 3.63) is 32.1 Å². The fraction of sp³-hybridized carbons (Fsp3) is 0.0909. The molecule has 2 rings (SSSR count). The second-order valence-electron chi connectivity index (χ2n) is 3.63. The van der Waals surface area contributed by atoms with E-state index in [2.05, 4.69) is 15.9 Å². The topological polar surface area (TPSA) is 108 Å². The Morgan fingerprint density at radius 1 is 1.33 bits per heavy atom. The van der Waals surface area contributed by atoms with Crippen LogP contribution in [0.1, 0.15) is 15.9 Å². The molecule has 0 saturated heterocycles. The lowest BCUT2D eigenvalue weighted by molar-refractivity contribution is 0.0691. The first-order valence-corrected chi connectivity index (χ1v) is 5.55. The molecule has 0 spiro atoms. The summed E-state index contributed by atoms with van der Waals surface area (Å²) < 4.78 is 4.90. The summed E-state index contributed by atoms with van der Waals surface area (Å²) in [5.74, 6) is -2.50. The van der Waals surface area contributed by atoms with Crippen LogP contribution in [0.3, 0.4) is 0 Å². The van der Waals surface area contributed by atoms with Crippen molar-refractivity contribution in [2.24, 2.45) is 0 Å². The largest absolute Gasteiger partial charge is 0.503 e. The van der Waals surface area contributed by atoms with Crippen molar-refractivity contribution in [1.29, 1.82) is 0 Å². The van der Waals surface area contributed by atoms with Crippen molar-refractivity contribution in [2.45, 2.75) is 6.92 Å². The van der Waals surface area contributed by atoms with E-state index in [1.54, 1.807) is 0 Å². The van der Waals surface area contributed by atoms with Crippen LogP contribution >= 0.6 is 15.9 Å². The van der Waals surface area contributed by atoms with E-state index >= 15 is 0 Å². The van der Waals surface area contributed by atoms with Crippen molar-refractivity contribution < 1.29 is 24.5 Å². The van der Waals surface area contributed by atoms with Crippen LogP contribution in [0, 0.1) is 6.92 Å². The van der Waals surface area contributed by atoms with Gasteiger partial charge in [0.25, 0.3) is 0 Å². The van der Waals surface area contributed by atoms with Gasteiger partial charge in [-0.05, 0) is 34.5 Å². The van der Waals surface area contributed by atoms with E-state index in [4.69, 9.17) is 9.52 Å². The maximum atomic E-state index is 11.5. The Labute approximate surface area is 108 Å². The van der Waals surface area contributed by atoms with Crippen LogP contribution in [0.2, 0.25) is 0 Å². The molecule has 0 aliphatic rings. The lowest BCUT2D eigenvalue weighted by Gasteiger charge is -2.08. The van der Waals surface area contributed by atoms with Crippen LogP contribution in [0.25, 0.3) is 11.0 Å². The Kier molecular flexibility index (Phi) is 2.78. The Balaban J connectivity index is 3.06. The third-order valence-corrected chi connectivity index (χ3v) is 3.18. The van der Waals surface area contributed by atoms with Gasteiger partial charge in [0.2, 0.25) is 5.75 Å². The first-order chi connectivity index (χ1) is 8.34. The molecule has 2 aromatic rings. The molecule has 7 heteroatoms. The SMILES string of the molecule is Cc1c(C(=O)O)c(=O)oc2c(O)c(O)c(Br)cc12. The maximum absolute atomic E-state index is 11.5. The Morgan fingerprint density at radius 3 is 2.50 bits per heavy atom. The highest BCUT2D eigenvalue weighted by Crippen LogP contribution is 2.40. The Hall–Kier alpha value is -2.02. The maximum Gasteiger partial charge on any atom is 0.351 e. The minimum atomic E-state index is -1.41. The molecule has 3 N–H and O–H groups in total. The number of aryl methyl sites for hydroxylation is 1. The van der Waals surface area contributed by atoms with Crippen molar-refractivity contribution in [1.82, 2.24) is 0 Å². The van der Waals surface area contributed by atoms with Crippen molar-refractivity contribution in [2.75, 3.05) is 0 Å². The van der Waals surface area contributed by atoms with Crippen molar-refractivity contribution >= 4 is 32.9 Å². The number of phenolic OH excluding ortho intramolecular Hbond substituents is 2. The highest BCUT2D eigenvalue weighted by atomic mass is 79.9. The van der Waals surface area contributed by atoms with E-state index < -0.39 is 28.7 Å². The number of carbonyl (C=O) groups is 1. The van der Waals surface area contributed by atoms with Gasteiger partial charge >= 0.3 is 11.6 Å². The predicted molar refractivity (Wildman–Crippen MR) is 65.2 cm³/mol. The van der Waals surface area contributed by atoms with E-state index in [-0.39, 0.29) is 21.0 Å². The van der Waals surface area contributed by atoms with Gasteiger partial charge in [0.1, 0.15) is 5.56 Å². The van der Waals surface area contributed by atoms with Gasteiger partial charge in [-0.3, -0.25) is 0 Å². The van der Waals surface area contributed by atoms with Gasteiger partial charge in [-0.25, -0.2) is 9.59 Å². The second-order valence-corrected chi connectivity index (χ2v) is 4.48. The number of carboxylic acid groups (broad SMARTS) is 1. The minimum absolute atomic E-state index is 0.157. The summed E-state index contributed by atoms with van der Waals surface area (Å²) in [5, 5.41) is 28.3. The van der Waals surface area contributed by atoms with Gasteiger partial charge in [-0.1, -0.05) is 0 Å². The van der Waals surface area contributed by atoms with Gasteiger partial charge in [0, 0.05) is 5.39 Å². The van der Waals surface area contributed by atoms with Crippen molar-refractivity contribution in [3.8, 4) is 11.5 Å². The number of hydrogen-bond donors (Lipinski definition) is 3. The molecule has 1 aromatic carbocycles. The standard InChI is InChI=1S/C11H7BrO6/c1-3-4-2-5(12)7(13)8(14)9(4)18-11(17)6(3)10(15)16/h2,13-14H,1H3,(H,15,16). The summed E-state index contributed by atoms with van der Waals surface area (Å²) in [4.78, 5) is 22.4. The molecule has 18 heavy (non-hydrogen) atoms. The highest BCUT2D eigenvalue weighted by Gasteiger charge is 2.21. The quantitative estimate of drug-likeness (QED) is 0.548. The molecule has 0 bridgehead atoms. The number of aromatic carboxylic acids is 1. The zero-order chi connectivity index (χ0) is 13.6. The van der Waals surface area contributed by atoms with Crippen LogP contribution in [0.4, 0.5) is 0 Å². The molecule has 94 valence electrons. The average Bonchev–Trinajstić information content (AvgIpc) is 2.28. The zero-order valence-corrected chi connectivity index (χ0v) is 10.6. The number of hydrogen-bond acceptors (Lipinski definition) is 5. The summed E-state index contributed by atoms with van der Waals surface area (Å²) in [6.45, 7) is 1.42. The van der Waals surface area contributed by atoms with E-state index in [1.807, 2.05) is 0 Å². The van der Waals surface area contributed by atoms with E-state index in [0.29, 0.717) is 0 Å². The molecular weight excluding hydrogens is 308 g/mol. The first kappa shape index (κ1) is 12.4. The summed E-state index contributed by atoms with van der Waals surface area (Å²) in [7, 11) is 0. The van der Waals surface area contributed by atoms with Gasteiger partial charge in [-0.15, -0.1) is 0 Å². The average molecular weight is 315 g/mol. The number of rotatable bonds is 1. The molecule has 0 aliphatic carbocycles. The van der Waals surface area contributed by atoms with E-state index in [0.717, 1.165) is 0 Å². The summed E-state index contributed by atoms with van der Waals surface area (Å²) >= 11 is 3.00. The van der Waals surface area contributed by atoms with Gasteiger partial charge in [0.15, 0.2) is 11.3 Å². The van der Waals surface area contributed by atoms with E-state index in [9.17, 15) is 19.8 Å². The molecule has 1 heterocycles. The molecule has 0 amide bonds. The lowest BCUT2D eigenvalue weighted by Crippen LogP contribution is -2.15. The van der Waals surface area contributed by atoms with Crippen LogP contribution in [0.5, 0.6) is 11.5 Å². The monoisotopic (exact) mass is 314 g/mol. The van der Waals surface area contributed by atoms with Gasteiger partial charge in [-0.2, -0.15) is 0 Å². The number of phenols is 2. The third-order valence-electron chi connectivity index (χ3n) is 2.57. The number of aromatic hydroxyl groups is 2. The first-order valence-electron chi connectivity index (χ1n) is 4.75. The van der Waals surface area contributed by atoms with Crippen LogP contribution in [0.15, 0.2) is 19.8 Å². The zero-order valence-electron chi connectivity index (χ0n) is 9.02. The molecule has 0 radical (unpaired) electrons. The molecule has 0 atom stereocenters. The number of benzene rings is 1. The van der Waals surface area contributed by atoms with Crippen LogP contribution in [-0.2, 0) is 0 Å². The molecule has 6 nitrogen and oxygen atoms in total. The normalized spacial score (nSPS) is 10.8. The smallest absolute Gasteiger partial charge is 0.351 e. The number of carboxylic acids is 1. The summed E-state index contributed by atoms with van der Waals surface area (Å²) in [6, 6.07) is 1.37. The van der Waals surface area contributed by atoms with Crippen LogP contribution in [-0.4, -0.2) is 21.3 Å². The molecule has 1 aromatic heterocycles. The molecule has 0 unspecified atom stereocenters. The lowest BCUT2D eigenvalue weighted by atomic mass is 10.1. The summed E-state index contributed by atoms with van der Waals surface area (Å²) in [5.41, 5.74) is -1.67. The predicted octanol–water partition coefficient (Wildman–Crippen LogP) is 1.97. The molecular formula is C11H7BrO6. The Bertz CT molecular complexity index is 731. The van der Waals surface area contributed by atoms with Crippen LogP contribution < -0.4 is 5.63 Å². The van der Waals surface area contributed by atoms with Crippen molar-refractivity contribution in [3.63, 3.8) is 0 Å². The molecule has 0 fully saturated rings. The van der Waals surface area contributed by atoms with Gasteiger partial charge in [0.05, 0.1) is 4.47 Å². The number of fused-ring (bicyclic) bond motifs is 1. The third kappa shape index (κ3) is 1.63. The summed E-state index contributed by atoms with van der Waals surface area (Å²) in [6.07, 6.45) is 0. The Morgan fingerprint density at radius 2 is 1.94 bits per heavy atom. The molecule has 0 aliphatic heterocycles. The highest BCUT2D eigenvalue weighted by molar-refractivity contribution is 9.10.